The molecule has 1 fully saturated rings. The Kier molecular flexibility index (Phi) is 18.0. The normalized spacial score (nSPS) is 15.2. The quantitative estimate of drug-likeness (QED) is 0.0140. The van der Waals surface area contributed by atoms with Crippen molar-refractivity contribution in [2.45, 2.75) is 90.8 Å². The number of thiazole rings is 1. The molecule has 2 unspecified atom stereocenters. The van der Waals surface area contributed by atoms with E-state index >= 15 is 0 Å². The molecule has 0 bridgehead atoms. The zero-order valence-electron chi connectivity index (χ0n) is 35.6. The van der Waals surface area contributed by atoms with Crippen molar-refractivity contribution in [3.63, 3.8) is 0 Å². The number of hydrazone groups is 1. The minimum absolute atomic E-state index is 0.177. The minimum Gasteiger partial charge on any atom is -0.493 e. The molecule has 0 saturated carbocycles. The Hall–Kier alpha value is -5.30. The first-order chi connectivity index (χ1) is 29.9. The van der Waals surface area contributed by atoms with Crippen LogP contribution in [0.1, 0.15) is 89.2 Å². The van der Waals surface area contributed by atoms with Crippen LogP contribution in [0.3, 0.4) is 0 Å². The molecule has 2 atom stereocenters. The third-order valence-corrected chi connectivity index (χ3v) is 11.4. The van der Waals surface area contributed by atoms with Crippen LogP contribution in [0, 0.1) is 5.92 Å². The Balaban J connectivity index is 1.06. The third-order valence-electron chi connectivity index (χ3n) is 10.4. The molecule has 1 aliphatic rings. The summed E-state index contributed by atoms with van der Waals surface area (Å²) in [6, 6.07) is 25.5. The monoisotopic (exact) mass is 849 g/mol. The maximum absolute atomic E-state index is 12.4. The summed E-state index contributed by atoms with van der Waals surface area (Å²) in [5.41, 5.74) is 2.41. The number of nitrogens with zero attached hydrogens (tertiary/aromatic N) is 3. The maximum atomic E-state index is 12.4. The van der Waals surface area contributed by atoms with Crippen molar-refractivity contribution in [1.82, 2.24) is 4.98 Å². The van der Waals surface area contributed by atoms with E-state index in [9.17, 15) is 9.59 Å². The lowest BCUT2D eigenvalue weighted by Crippen LogP contribution is -2.26. The summed E-state index contributed by atoms with van der Waals surface area (Å²) >= 11 is 1.53. The average Bonchev–Trinajstić information content (AvgIpc) is 3.71. The average molecular weight is 850 g/mol. The summed E-state index contributed by atoms with van der Waals surface area (Å²) in [4.78, 5) is 29.5. The number of hydrogen-bond acceptors (Lipinski definition) is 12. The lowest BCUT2D eigenvalue weighted by Gasteiger charge is -2.26. The molecule has 0 spiro atoms. The van der Waals surface area contributed by atoms with E-state index in [1.165, 1.54) is 11.3 Å². The molecule has 324 valence electrons. The van der Waals surface area contributed by atoms with Gasteiger partial charge in [0.25, 0.3) is 0 Å². The number of para-hydroxylation sites is 1. The maximum Gasteiger partial charge on any atom is 0.335 e. The zero-order valence-corrected chi connectivity index (χ0v) is 36.4. The number of benzene rings is 4. The van der Waals surface area contributed by atoms with Crippen LogP contribution >= 0.6 is 11.3 Å². The Morgan fingerprint density at radius 2 is 1.75 bits per heavy atom. The summed E-state index contributed by atoms with van der Waals surface area (Å²) in [5.74, 6) is 1.54. The van der Waals surface area contributed by atoms with Crippen LogP contribution in [0.5, 0.6) is 17.2 Å². The van der Waals surface area contributed by atoms with Gasteiger partial charge in [-0.1, -0.05) is 74.4 Å². The van der Waals surface area contributed by atoms with E-state index < -0.39 is 5.97 Å². The molecule has 0 N–H and O–H groups in total. The fraction of sp³-hybridized carbons (Fsp3) is 0.429. The zero-order chi connectivity index (χ0) is 42.7. The Bertz CT molecular complexity index is 2170. The van der Waals surface area contributed by atoms with Crippen LogP contribution in [0.2, 0.25) is 0 Å². The Labute approximate surface area is 363 Å². The van der Waals surface area contributed by atoms with Gasteiger partial charge in [-0.05, 0) is 110 Å². The second-order valence-electron chi connectivity index (χ2n) is 15.4. The summed E-state index contributed by atoms with van der Waals surface area (Å²) in [7, 11) is 0. The Morgan fingerprint density at radius 1 is 0.918 bits per heavy atom. The van der Waals surface area contributed by atoms with Gasteiger partial charge in [-0.2, -0.15) is 5.10 Å². The predicted octanol–water partition coefficient (Wildman–Crippen LogP) is 10.9. The van der Waals surface area contributed by atoms with Crippen LogP contribution in [0.25, 0.3) is 21.0 Å². The molecule has 2 heterocycles. The predicted molar refractivity (Wildman–Crippen MR) is 243 cm³/mol. The number of rotatable bonds is 25. The number of anilines is 1. The first kappa shape index (κ1) is 45.2. The van der Waals surface area contributed by atoms with Gasteiger partial charge in [-0.3, -0.25) is 4.79 Å². The van der Waals surface area contributed by atoms with Gasteiger partial charge in [0.2, 0.25) is 5.13 Å². The second kappa shape index (κ2) is 24.2. The van der Waals surface area contributed by atoms with Gasteiger partial charge < -0.3 is 28.4 Å². The standard InChI is InChI=1S/C49H59N3O8S/c1-4-6-7-12-26-58-48(54)16-10-11-24-52(49-51-44-14-8-9-15-46(44)61-49)50-33-41-32-43(21-22-45(41)60-47(53)5-2)59-35-37-17-18-40-31-42(20-19-39(40)30-37)57-27-13-25-55-34-38-23-28-56-36(3)29-38/h5,8-9,14-15,17-22,30-33,36,38H,2,4,6-7,10-13,16,23-29,34-35H2,1,3H3/b50-33+. The van der Waals surface area contributed by atoms with E-state index in [-0.39, 0.29) is 5.97 Å². The van der Waals surface area contributed by atoms with Crippen molar-refractivity contribution in [2.24, 2.45) is 11.0 Å². The van der Waals surface area contributed by atoms with Crippen molar-refractivity contribution >= 4 is 55.6 Å². The molecule has 1 aliphatic heterocycles. The highest BCUT2D eigenvalue weighted by atomic mass is 32.1. The van der Waals surface area contributed by atoms with Gasteiger partial charge in [0.1, 0.15) is 23.9 Å². The molecule has 1 aromatic heterocycles. The summed E-state index contributed by atoms with van der Waals surface area (Å²) < 4.78 is 35.9. The van der Waals surface area contributed by atoms with Gasteiger partial charge in [-0.25, -0.2) is 14.8 Å². The van der Waals surface area contributed by atoms with Crippen molar-refractivity contribution in [3.8, 4) is 17.2 Å². The largest absolute Gasteiger partial charge is 0.493 e. The summed E-state index contributed by atoms with van der Waals surface area (Å²) in [6.45, 7) is 12.0. The van der Waals surface area contributed by atoms with E-state index in [4.69, 9.17) is 38.5 Å². The molecule has 6 rings (SSSR count). The van der Waals surface area contributed by atoms with Gasteiger partial charge in [-0.15, -0.1) is 0 Å². The van der Waals surface area contributed by atoms with E-state index in [0.717, 1.165) is 96.5 Å². The fourth-order valence-electron chi connectivity index (χ4n) is 7.05. The summed E-state index contributed by atoms with van der Waals surface area (Å²) in [5, 5.41) is 9.54. The number of aromatic nitrogens is 1. The van der Waals surface area contributed by atoms with Gasteiger partial charge in [0.05, 0.1) is 35.7 Å². The number of carbonyl (C=O) groups excluding carboxylic acids is 2. The van der Waals surface area contributed by atoms with Gasteiger partial charge >= 0.3 is 11.9 Å². The molecule has 0 amide bonds. The Morgan fingerprint density at radius 3 is 2.61 bits per heavy atom. The highest BCUT2D eigenvalue weighted by Gasteiger charge is 2.19. The molecule has 11 nitrogen and oxygen atoms in total. The number of carbonyl (C=O) groups is 2. The second-order valence-corrected chi connectivity index (χ2v) is 16.4. The molecule has 12 heteroatoms. The number of ether oxygens (including phenoxy) is 6. The van der Waals surface area contributed by atoms with Crippen LogP contribution in [-0.2, 0) is 30.4 Å². The molecule has 5 aromatic rings. The third kappa shape index (κ3) is 14.7. The van der Waals surface area contributed by atoms with Crippen molar-refractivity contribution in [3.05, 3.63) is 103 Å². The highest BCUT2D eigenvalue weighted by molar-refractivity contribution is 7.22. The smallest absolute Gasteiger partial charge is 0.335 e. The SMILES string of the molecule is C=CC(=O)Oc1ccc(OCc2ccc3cc(OCCCOCC4CCOC(C)C4)ccc3c2)cc1/C=N/N(CCCCC(=O)OCCCCCC)c1nc2ccccc2s1. The molecular formula is C49H59N3O8S. The van der Waals surface area contributed by atoms with Crippen LogP contribution in [0.15, 0.2) is 96.6 Å². The number of fused-ring (bicyclic) bond motifs is 2. The lowest BCUT2D eigenvalue weighted by molar-refractivity contribution is -0.143. The van der Waals surface area contributed by atoms with Crippen molar-refractivity contribution in [2.75, 3.05) is 44.6 Å². The fourth-order valence-corrected chi connectivity index (χ4v) is 8.00. The molecule has 61 heavy (non-hydrogen) atoms. The topological polar surface area (TPSA) is 118 Å². The van der Waals surface area contributed by atoms with Gasteiger partial charge in [0, 0.05) is 50.8 Å². The van der Waals surface area contributed by atoms with Crippen molar-refractivity contribution < 1.29 is 38.0 Å². The first-order valence-corrected chi connectivity index (χ1v) is 22.5. The lowest BCUT2D eigenvalue weighted by atomic mass is 9.97. The van der Waals surface area contributed by atoms with E-state index in [2.05, 4.69) is 44.7 Å². The van der Waals surface area contributed by atoms with Gasteiger partial charge in [0.15, 0.2) is 0 Å². The van der Waals surface area contributed by atoms with Crippen LogP contribution in [-0.4, -0.2) is 68.8 Å². The first-order valence-electron chi connectivity index (χ1n) is 21.7. The van der Waals surface area contributed by atoms with E-state index in [1.54, 1.807) is 24.4 Å². The minimum atomic E-state index is -0.585. The summed E-state index contributed by atoms with van der Waals surface area (Å²) in [6.07, 6.45) is 12.0. The number of hydrogen-bond donors (Lipinski definition) is 0. The van der Waals surface area contributed by atoms with Crippen LogP contribution < -0.4 is 19.2 Å². The highest BCUT2D eigenvalue weighted by Crippen LogP contribution is 2.31. The van der Waals surface area contributed by atoms with E-state index in [1.807, 2.05) is 41.4 Å². The van der Waals surface area contributed by atoms with Crippen molar-refractivity contribution in [1.29, 1.82) is 0 Å². The molecule has 4 aromatic carbocycles. The molecule has 0 radical (unpaired) electrons. The molecular weight excluding hydrogens is 791 g/mol. The number of esters is 2. The van der Waals surface area contributed by atoms with E-state index in [0.29, 0.717) is 86.5 Å². The number of unbranched alkanes of at least 4 members (excludes halogenated alkanes) is 4. The molecule has 0 aliphatic carbocycles. The molecule has 1 saturated heterocycles. The van der Waals surface area contributed by atoms with Crippen LogP contribution in [0.4, 0.5) is 5.13 Å².